The third-order valence-corrected chi connectivity index (χ3v) is 1.28. The van der Waals surface area contributed by atoms with Gasteiger partial charge in [0.25, 0.3) is 0 Å². The summed E-state index contributed by atoms with van der Waals surface area (Å²) in [5.74, 6) is 0. The highest BCUT2D eigenvalue weighted by Gasteiger charge is 1.94. The maximum Gasteiger partial charge on any atom is 0.0839 e. The van der Waals surface area contributed by atoms with E-state index in [2.05, 4.69) is 15.6 Å². The molecule has 1 rings (SSSR count). The van der Waals surface area contributed by atoms with Gasteiger partial charge in [-0.2, -0.15) is 0 Å². The first-order chi connectivity index (χ1) is 4.83. The molecule has 56 valence electrons. The molecule has 0 radical (unpaired) electrons. The zero-order valence-electron chi connectivity index (χ0n) is 6.33. The van der Waals surface area contributed by atoms with Gasteiger partial charge in [-0.05, 0) is 7.05 Å². The lowest BCUT2D eigenvalue weighted by Crippen LogP contribution is -2.10. The summed E-state index contributed by atoms with van der Waals surface area (Å²) in [5.41, 5.74) is 1.04. The van der Waals surface area contributed by atoms with Crippen LogP contribution < -0.4 is 5.32 Å². The lowest BCUT2D eigenvalue weighted by Gasteiger charge is -1.91. The van der Waals surface area contributed by atoms with E-state index in [1.807, 2.05) is 20.3 Å². The van der Waals surface area contributed by atoms with Crippen molar-refractivity contribution >= 4 is 0 Å². The predicted octanol–water partition coefficient (Wildman–Crippen LogP) is -0.423. The van der Waals surface area contributed by atoms with Crippen molar-refractivity contribution in [2.45, 2.75) is 6.42 Å². The molecule has 0 saturated carbocycles. The SMILES string of the molecule is CNCCc1cn(C)nn1. The lowest BCUT2D eigenvalue weighted by molar-refractivity contribution is 0.711. The predicted molar refractivity (Wildman–Crippen MR) is 38.6 cm³/mol. The van der Waals surface area contributed by atoms with Crippen LogP contribution in [0.2, 0.25) is 0 Å². The third kappa shape index (κ3) is 1.80. The molecule has 0 fully saturated rings. The maximum atomic E-state index is 3.93. The van der Waals surface area contributed by atoms with Gasteiger partial charge in [0.1, 0.15) is 0 Å². The summed E-state index contributed by atoms with van der Waals surface area (Å²) < 4.78 is 1.71. The number of rotatable bonds is 3. The van der Waals surface area contributed by atoms with Crippen LogP contribution in [0.5, 0.6) is 0 Å². The van der Waals surface area contributed by atoms with Crippen LogP contribution in [0.4, 0.5) is 0 Å². The quantitative estimate of drug-likeness (QED) is 0.620. The third-order valence-electron chi connectivity index (χ3n) is 1.28. The topological polar surface area (TPSA) is 42.7 Å². The van der Waals surface area contributed by atoms with Crippen LogP contribution >= 0.6 is 0 Å². The van der Waals surface area contributed by atoms with Crippen molar-refractivity contribution < 1.29 is 0 Å². The number of nitrogens with one attached hydrogen (secondary N) is 1. The summed E-state index contributed by atoms with van der Waals surface area (Å²) in [6, 6.07) is 0. The van der Waals surface area contributed by atoms with E-state index in [-0.39, 0.29) is 0 Å². The highest BCUT2D eigenvalue weighted by molar-refractivity contribution is 4.91. The molecule has 0 saturated heterocycles. The van der Waals surface area contributed by atoms with Gasteiger partial charge in [-0.15, -0.1) is 5.10 Å². The van der Waals surface area contributed by atoms with Crippen LogP contribution in [0.15, 0.2) is 6.20 Å². The molecule has 1 heterocycles. The largest absolute Gasteiger partial charge is 0.319 e. The summed E-state index contributed by atoms with van der Waals surface area (Å²) >= 11 is 0. The van der Waals surface area contributed by atoms with Crippen LogP contribution in [-0.2, 0) is 13.5 Å². The zero-order chi connectivity index (χ0) is 7.40. The molecule has 0 bridgehead atoms. The summed E-state index contributed by atoms with van der Waals surface area (Å²) in [5, 5.41) is 10.8. The minimum atomic E-state index is 0.949. The Bertz CT molecular complexity index is 193. The fraction of sp³-hybridized carbons (Fsp3) is 0.667. The lowest BCUT2D eigenvalue weighted by atomic mass is 10.3. The minimum absolute atomic E-state index is 0.949. The molecule has 1 aromatic heterocycles. The number of nitrogens with zero attached hydrogens (tertiary/aromatic N) is 3. The smallest absolute Gasteiger partial charge is 0.0839 e. The van der Waals surface area contributed by atoms with Gasteiger partial charge in [0.2, 0.25) is 0 Å². The molecule has 0 aromatic carbocycles. The summed E-state index contributed by atoms with van der Waals surface area (Å²) in [6.07, 6.45) is 2.88. The number of hydrogen-bond donors (Lipinski definition) is 1. The van der Waals surface area contributed by atoms with Crippen molar-refractivity contribution in [3.05, 3.63) is 11.9 Å². The van der Waals surface area contributed by atoms with Gasteiger partial charge < -0.3 is 5.32 Å². The average Bonchev–Trinajstić information content (AvgIpc) is 2.31. The van der Waals surface area contributed by atoms with Crippen molar-refractivity contribution in [1.29, 1.82) is 0 Å². The van der Waals surface area contributed by atoms with Crippen molar-refractivity contribution in [1.82, 2.24) is 20.3 Å². The minimum Gasteiger partial charge on any atom is -0.319 e. The molecule has 0 atom stereocenters. The fourth-order valence-electron chi connectivity index (χ4n) is 0.763. The molecule has 1 N–H and O–H groups in total. The van der Waals surface area contributed by atoms with E-state index in [0.29, 0.717) is 0 Å². The number of likely N-dealkylation sites (N-methyl/N-ethyl adjacent to an activating group) is 1. The second kappa shape index (κ2) is 3.31. The Morgan fingerprint density at radius 1 is 1.70 bits per heavy atom. The molecule has 1 aromatic rings. The van der Waals surface area contributed by atoms with Gasteiger partial charge in [-0.1, -0.05) is 5.21 Å². The zero-order valence-corrected chi connectivity index (χ0v) is 6.33. The first kappa shape index (κ1) is 7.21. The van der Waals surface area contributed by atoms with E-state index in [0.717, 1.165) is 18.7 Å². The number of aromatic nitrogens is 3. The van der Waals surface area contributed by atoms with Crippen molar-refractivity contribution in [3.8, 4) is 0 Å². The maximum absolute atomic E-state index is 3.93. The fourth-order valence-corrected chi connectivity index (χ4v) is 0.763. The normalized spacial score (nSPS) is 10.2. The van der Waals surface area contributed by atoms with E-state index in [4.69, 9.17) is 0 Å². The second-order valence-corrected chi connectivity index (χ2v) is 2.24. The van der Waals surface area contributed by atoms with Gasteiger partial charge in [-0.3, -0.25) is 4.68 Å². The van der Waals surface area contributed by atoms with Gasteiger partial charge >= 0.3 is 0 Å². The molecular formula is C6H12N4. The monoisotopic (exact) mass is 140 g/mol. The van der Waals surface area contributed by atoms with E-state index in [1.165, 1.54) is 0 Å². The Hall–Kier alpha value is -0.900. The molecule has 0 spiro atoms. The van der Waals surface area contributed by atoms with Gasteiger partial charge in [0.05, 0.1) is 5.69 Å². The van der Waals surface area contributed by atoms with Gasteiger partial charge in [-0.25, -0.2) is 0 Å². The Morgan fingerprint density at radius 3 is 3.00 bits per heavy atom. The van der Waals surface area contributed by atoms with Gasteiger partial charge in [0.15, 0.2) is 0 Å². The first-order valence-electron chi connectivity index (χ1n) is 3.32. The molecule has 0 aliphatic rings. The summed E-state index contributed by atoms with van der Waals surface area (Å²) in [6.45, 7) is 0.957. The van der Waals surface area contributed by atoms with E-state index < -0.39 is 0 Å². The Morgan fingerprint density at radius 2 is 2.50 bits per heavy atom. The molecular weight excluding hydrogens is 128 g/mol. The van der Waals surface area contributed by atoms with E-state index in [1.54, 1.807) is 4.68 Å². The summed E-state index contributed by atoms with van der Waals surface area (Å²) in [4.78, 5) is 0. The van der Waals surface area contributed by atoms with Crippen molar-refractivity contribution in [2.24, 2.45) is 7.05 Å². The average molecular weight is 140 g/mol. The first-order valence-corrected chi connectivity index (χ1v) is 3.32. The molecule has 4 heteroatoms. The van der Waals surface area contributed by atoms with E-state index in [9.17, 15) is 0 Å². The Labute approximate surface area is 60.2 Å². The molecule has 0 amide bonds. The molecule has 4 nitrogen and oxygen atoms in total. The molecule has 10 heavy (non-hydrogen) atoms. The second-order valence-electron chi connectivity index (χ2n) is 2.24. The number of hydrogen-bond acceptors (Lipinski definition) is 3. The molecule has 0 aliphatic heterocycles. The standard InChI is InChI=1S/C6H12N4/c1-7-4-3-6-5-10(2)9-8-6/h5,7H,3-4H2,1-2H3. The Balaban J connectivity index is 2.42. The highest BCUT2D eigenvalue weighted by Crippen LogP contribution is 1.89. The van der Waals surface area contributed by atoms with Crippen LogP contribution in [0.25, 0.3) is 0 Å². The highest BCUT2D eigenvalue weighted by atomic mass is 15.4. The van der Waals surface area contributed by atoms with Crippen LogP contribution in [0.1, 0.15) is 5.69 Å². The van der Waals surface area contributed by atoms with Gasteiger partial charge in [0, 0.05) is 26.2 Å². The molecule has 0 unspecified atom stereocenters. The molecule has 0 aliphatic carbocycles. The van der Waals surface area contributed by atoms with Crippen LogP contribution in [0.3, 0.4) is 0 Å². The van der Waals surface area contributed by atoms with Crippen molar-refractivity contribution in [2.75, 3.05) is 13.6 Å². The number of aryl methyl sites for hydroxylation is 1. The van der Waals surface area contributed by atoms with Crippen LogP contribution in [-0.4, -0.2) is 28.6 Å². The van der Waals surface area contributed by atoms with Crippen molar-refractivity contribution in [3.63, 3.8) is 0 Å². The van der Waals surface area contributed by atoms with Crippen LogP contribution in [0, 0.1) is 0 Å². The van der Waals surface area contributed by atoms with E-state index >= 15 is 0 Å². The Kier molecular flexibility index (Phi) is 2.39. The summed E-state index contributed by atoms with van der Waals surface area (Å²) in [7, 11) is 3.80.